The molecule has 1 unspecified atom stereocenters. The maximum atomic E-state index is 11.9. The van der Waals surface area contributed by atoms with E-state index in [2.05, 4.69) is 36.6 Å². The van der Waals surface area contributed by atoms with Crippen LogP contribution in [0.5, 0.6) is 0 Å². The zero-order valence-corrected chi connectivity index (χ0v) is 13.1. The minimum absolute atomic E-state index is 0.178. The fraction of sp³-hybridized carbons (Fsp3) is 0.400. The first-order valence-electron chi connectivity index (χ1n) is 4.95. The molecule has 2 N–H and O–H groups in total. The molecule has 0 amide bonds. The lowest BCUT2D eigenvalue weighted by Gasteiger charge is -2.09. The predicted octanol–water partition coefficient (Wildman–Crippen LogP) is 2.26. The second-order valence-corrected chi connectivity index (χ2v) is 7.12. The Morgan fingerprint density at radius 3 is 2.65 bits per heavy atom. The molecule has 0 radical (unpaired) electrons. The first kappa shape index (κ1) is 15.1. The Morgan fingerprint density at radius 2 is 2.06 bits per heavy atom. The van der Waals surface area contributed by atoms with E-state index < -0.39 is 16.1 Å². The molecule has 0 aliphatic heterocycles. The highest BCUT2D eigenvalue weighted by atomic mass is 79.9. The monoisotopic (exact) mass is 385 g/mol. The molecule has 96 valence electrons. The summed E-state index contributed by atoms with van der Waals surface area (Å²) in [6.45, 7) is 1.82. The highest BCUT2D eigenvalue weighted by Gasteiger charge is 2.17. The molecule has 1 rings (SSSR count). The van der Waals surface area contributed by atoms with Crippen LogP contribution in [0, 0.1) is 0 Å². The van der Waals surface area contributed by atoms with Gasteiger partial charge in [0.25, 0.3) is 0 Å². The van der Waals surface area contributed by atoms with E-state index in [1.165, 1.54) is 6.07 Å². The second-order valence-electron chi connectivity index (χ2n) is 3.61. The van der Waals surface area contributed by atoms with E-state index in [1.54, 1.807) is 19.1 Å². The van der Waals surface area contributed by atoms with Crippen LogP contribution >= 0.6 is 31.9 Å². The van der Waals surface area contributed by atoms with Crippen molar-refractivity contribution in [3.05, 3.63) is 27.1 Å². The zero-order chi connectivity index (χ0) is 13.1. The Bertz CT molecular complexity index is 488. The molecule has 0 spiro atoms. The number of aliphatic hydroxyl groups excluding tert-OH is 1. The molecule has 0 saturated heterocycles. The van der Waals surface area contributed by atoms with Gasteiger partial charge in [0, 0.05) is 15.5 Å². The fourth-order valence-electron chi connectivity index (χ4n) is 1.16. The number of rotatable bonds is 5. The van der Waals surface area contributed by atoms with Gasteiger partial charge in [0.05, 0.1) is 11.0 Å². The minimum Gasteiger partial charge on any atom is -0.393 e. The van der Waals surface area contributed by atoms with Crippen LogP contribution in [-0.2, 0) is 10.0 Å². The Kier molecular flexibility index (Phi) is 5.59. The summed E-state index contributed by atoms with van der Waals surface area (Å²) in [5.41, 5.74) is 0. The van der Waals surface area contributed by atoms with E-state index in [-0.39, 0.29) is 11.4 Å². The van der Waals surface area contributed by atoms with Crippen molar-refractivity contribution in [3.63, 3.8) is 0 Å². The largest absolute Gasteiger partial charge is 0.393 e. The first-order chi connectivity index (χ1) is 7.83. The van der Waals surface area contributed by atoms with Gasteiger partial charge in [0.2, 0.25) is 10.0 Å². The molecule has 0 aliphatic rings. The van der Waals surface area contributed by atoms with Crippen LogP contribution in [0.25, 0.3) is 0 Å². The number of hydrogen-bond donors (Lipinski definition) is 2. The van der Waals surface area contributed by atoms with Crippen LogP contribution in [0.1, 0.15) is 13.3 Å². The fourth-order valence-corrected chi connectivity index (χ4v) is 3.71. The van der Waals surface area contributed by atoms with E-state index in [1.807, 2.05) is 0 Å². The molecule has 1 aromatic carbocycles. The van der Waals surface area contributed by atoms with E-state index in [4.69, 9.17) is 5.11 Å². The molecule has 0 aliphatic carbocycles. The summed E-state index contributed by atoms with van der Waals surface area (Å²) in [4.78, 5) is 0.178. The summed E-state index contributed by atoms with van der Waals surface area (Å²) < 4.78 is 27.5. The number of halogens is 2. The lowest BCUT2D eigenvalue weighted by molar-refractivity contribution is 0.186. The molecule has 17 heavy (non-hydrogen) atoms. The molecule has 0 fully saturated rings. The van der Waals surface area contributed by atoms with Crippen molar-refractivity contribution >= 4 is 41.9 Å². The average molecular weight is 387 g/mol. The minimum atomic E-state index is -3.55. The maximum absolute atomic E-state index is 11.9. The van der Waals surface area contributed by atoms with Gasteiger partial charge in [-0.1, -0.05) is 15.9 Å². The second kappa shape index (κ2) is 6.29. The third-order valence-corrected chi connectivity index (χ3v) is 4.99. The summed E-state index contributed by atoms with van der Waals surface area (Å²) >= 11 is 6.42. The molecule has 0 heterocycles. The Balaban J connectivity index is 2.86. The van der Waals surface area contributed by atoms with Crippen LogP contribution < -0.4 is 4.72 Å². The zero-order valence-electron chi connectivity index (χ0n) is 9.15. The van der Waals surface area contributed by atoms with E-state index in [9.17, 15) is 8.42 Å². The molecule has 4 nitrogen and oxygen atoms in total. The highest BCUT2D eigenvalue weighted by molar-refractivity contribution is 9.11. The third kappa shape index (κ3) is 4.67. The first-order valence-corrected chi connectivity index (χ1v) is 8.02. The van der Waals surface area contributed by atoms with Crippen molar-refractivity contribution in [3.8, 4) is 0 Å². The van der Waals surface area contributed by atoms with Gasteiger partial charge < -0.3 is 5.11 Å². The summed E-state index contributed by atoms with van der Waals surface area (Å²) in [5, 5.41) is 9.07. The number of aliphatic hydroxyl groups is 1. The predicted molar refractivity (Wildman–Crippen MR) is 73.3 cm³/mol. The number of hydrogen-bond acceptors (Lipinski definition) is 3. The lowest BCUT2D eigenvalue weighted by atomic mass is 10.3. The standard InChI is InChI=1S/C10H13Br2NO3S/c1-7(14)4-5-13-17(15,16)10-6-8(11)2-3-9(10)12/h2-3,6-7,13-14H,4-5H2,1H3. The van der Waals surface area contributed by atoms with Crippen molar-refractivity contribution in [1.82, 2.24) is 4.72 Å². The molecular formula is C10H13Br2NO3S. The van der Waals surface area contributed by atoms with Gasteiger partial charge in [-0.05, 0) is 47.5 Å². The summed E-state index contributed by atoms with van der Waals surface area (Å²) in [6, 6.07) is 4.93. The maximum Gasteiger partial charge on any atom is 0.241 e. The van der Waals surface area contributed by atoms with Gasteiger partial charge in [0.1, 0.15) is 0 Å². The Hall–Kier alpha value is 0.0500. The summed E-state index contributed by atoms with van der Waals surface area (Å²) in [7, 11) is -3.55. The number of nitrogens with one attached hydrogen (secondary N) is 1. The van der Waals surface area contributed by atoms with Crippen molar-refractivity contribution < 1.29 is 13.5 Å². The Labute approximate surface area is 118 Å². The molecule has 0 saturated carbocycles. The molecule has 7 heteroatoms. The van der Waals surface area contributed by atoms with E-state index in [0.29, 0.717) is 15.4 Å². The van der Waals surface area contributed by atoms with Crippen molar-refractivity contribution in [1.29, 1.82) is 0 Å². The van der Waals surface area contributed by atoms with Gasteiger partial charge >= 0.3 is 0 Å². The van der Waals surface area contributed by atoms with Gasteiger partial charge in [0.15, 0.2) is 0 Å². The van der Waals surface area contributed by atoms with Gasteiger partial charge in [-0.25, -0.2) is 13.1 Å². The van der Waals surface area contributed by atoms with E-state index >= 15 is 0 Å². The van der Waals surface area contributed by atoms with Crippen LogP contribution in [0.2, 0.25) is 0 Å². The number of benzene rings is 1. The quantitative estimate of drug-likeness (QED) is 0.815. The summed E-state index contributed by atoms with van der Waals surface area (Å²) in [5.74, 6) is 0. The normalized spacial score (nSPS) is 13.6. The average Bonchev–Trinajstić information content (AvgIpc) is 2.20. The van der Waals surface area contributed by atoms with Crippen molar-refractivity contribution in [2.24, 2.45) is 0 Å². The van der Waals surface area contributed by atoms with Gasteiger partial charge in [-0.2, -0.15) is 0 Å². The summed E-state index contributed by atoms with van der Waals surface area (Å²) in [6.07, 6.45) is -0.145. The van der Waals surface area contributed by atoms with Crippen LogP contribution in [-0.4, -0.2) is 26.2 Å². The van der Waals surface area contributed by atoms with Crippen LogP contribution in [0.4, 0.5) is 0 Å². The molecule has 0 aromatic heterocycles. The Morgan fingerprint density at radius 1 is 1.41 bits per heavy atom. The molecule has 0 bridgehead atoms. The number of sulfonamides is 1. The molecular weight excluding hydrogens is 374 g/mol. The van der Waals surface area contributed by atoms with Crippen molar-refractivity contribution in [2.45, 2.75) is 24.3 Å². The SMILES string of the molecule is CC(O)CCNS(=O)(=O)c1cc(Br)ccc1Br. The smallest absolute Gasteiger partial charge is 0.241 e. The topological polar surface area (TPSA) is 66.4 Å². The van der Waals surface area contributed by atoms with Crippen molar-refractivity contribution in [2.75, 3.05) is 6.54 Å². The third-order valence-electron chi connectivity index (χ3n) is 2.04. The van der Waals surface area contributed by atoms with E-state index in [0.717, 1.165) is 0 Å². The molecule has 1 aromatic rings. The molecule has 1 atom stereocenters. The van der Waals surface area contributed by atoms with Crippen LogP contribution in [0.3, 0.4) is 0 Å². The van der Waals surface area contributed by atoms with Gasteiger partial charge in [-0.3, -0.25) is 0 Å². The highest BCUT2D eigenvalue weighted by Crippen LogP contribution is 2.25. The van der Waals surface area contributed by atoms with Gasteiger partial charge in [-0.15, -0.1) is 0 Å². The lowest BCUT2D eigenvalue weighted by Crippen LogP contribution is -2.27. The van der Waals surface area contributed by atoms with Crippen LogP contribution in [0.15, 0.2) is 32.0 Å².